The van der Waals surface area contributed by atoms with Gasteiger partial charge in [0.1, 0.15) is 0 Å². The van der Waals surface area contributed by atoms with Gasteiger partial charge in [0.25, 0.3) is 0 Å². The van der Waals surface area contributed by atoms with Crippen LogP contribution in [-0.2, 0) is 6.42 Å². The van der Waals surface area contributed by atoms with Crippen LogP contribution in [0.25, 0.3) is 6.08 Å². The van der Waals surface area contributed by atoms with Crippen LogP contribution in [0.15, 0.2) is 17.8 Å². The second-order valence-corrected chi connectivity index (χ2v) is 5.01. The molecule has 0 fully saturated rings. The smallest absolute Gasteiger partial charge is 0.0516 e. The van der Waals surface area contributed by atoms with Crippen molar-refractivity contribution in [2.75, 3.05) is 0 Å². The van der Waals surface area contributed by atoms with Crippen molar-refractivity contribution >= 4 is 6.08 Å². The molecule has 1 heterocycles. The van der Waals surface area contributed by atoms with Gasteiger partial charge >= 0.3 is 0 Å². The third kappa shape index (κ3) is 1.97. The number of hydrogen-bond acceptors (Lipinski definition) is 1. The lowest BCUT2D eigenvalue weighted by molar-refractivity contribution is 0.749. The number of aromatic nitrogens is 1. The lowest BCUT2D eigenvalue weighted by Gasteiger charge is -2.06. The molecule has 0 atom stereocenters. The summed E-state index contributed by atoms with van der Waals surface area (Å²) < 4.78 is 0. The molecule has 1 nitrogen and oxygen atoms in total. The minimum atomic E-state index is 0.569. The molecule has 0 spiro atoms. The van der Waals surface area contributed by atoms with Gasteiger partial charge in [0.2, 0.25) is 0 Å². The second-order valence-electron chi connectivity index (χ2n) is 5.01. The maximum absolute atomic E-state index is 4.56. The summed E-state index contributed by atoms with van der Waals surface area (Å²) in [4.78, 5) is 4.56. The summed E-state index contributed by atoms with van der Waals surface area (Å²) >= 11 is 0. The van der Waals surface area contributed by atoms with Gasteiger partial charge in [0.05, 0.1) is 5.69 Å². The van der Waals surface area contributed by atoms with Crippen LogP contribution in [0.3, 0.4) is 0 Å². The molecule has 1 aromatic heterocycles. The Hall–Kier alpha value is -1.11. The Balaban J connectivity index is 2.34. The summed E-state index contributed by atoms with van der Waals surface area (Å²) in [5.41, 5.74) is 5.45. The van der Waals surface area contributed by atoms with Crippen molar-refractivity contribution in [3.8, 4) is 0 Å². The molecule has 0 saturated heterocycles. The number of rotatable bonds is 2. The van der Waals surface area contributed by atoms with Gasteiger partial charge in [-0.3, -0.25) is 4.98 Å². The maximum atomic E-state index is 4.56. The molecule has 1 aliphatic carbocycles. The van der Waals surface area contributed by atoms with Gasteiger partial charge in [0.15, 0.2) is 0 Å². The van der Waals surface area contributed by atoms with Crippen molar-refractivity contribution in [3.05, 3.63) is 34.7 Å². The Bertz CT molecular complexity index is 400. The zero-order valence-corrected chi connectivity index (χ0v) is 10.0. The second kappa shape index (κ2) is 3.80. The van der Waals surface area contributed by atoms with E-state index < -0.39 is 0 Å². The van der Waals surface area contributed by atoms with Crippen molar-refractivity contribution in [2.24, 2.45) is 5.92 Å². The topological polar surface area (TPSA) is 12.9 Å². The van der Waals surface area contributed by atoms with E-state index in [-0.39, 0.29) is 0 Å². The van der Waals surface area contributed by atoms with E-state index in [1.54, 1.807) is 0 Å². The summed E-state index contributed by atoms with van der Waals surface area (Å²) in [7, 11) is 0. The average molecular weight is 201 g/mol. The first-order valence-corrected chi connectivity index (χ1v) is 5.77. The molecule has 80 valence electrons. The molecule has 1 aliphatic rings. The Morgan fingerprint density at radius 2 is 1.87 bits per heavy atom. The van der Waals surface area contributed by atoms with Crippen molar-refractivity contribution < 1.29 is 0 Å². The number of fused-ring (bicyclic) bond motifs is 1. The summed E-state index contributed by atoms with van der Waals surface area (Å²) in [6.07, 6.45) is 5.39. The van der Waals surface area contributed by atoms with Gasteiger partial charge < -0.3 is 0 Å². The minimum absolute atomic E-state index is 0.569. The Morgan fingerprint density at radius 3 is 2.47 bits per heavy atom. The first-order valence-electron chi connectivity index (χ1n) is 5.77. The van der Waals surface area contributed by atoms with Crippen LogP contribution in [0.4, 0.5) is 0 Å². The van der Waals surface area contributed by atoms with Crippen LogP contribution in [0.2, 0.25) is 0 Å². The highest BCUT2D eigenvalue weighted by molar-refractivity contribution is 5.62. The van der Waals surface area contributed by atoms with Crippen molar-refractivity contribution in [3.63, 3.8) is 0 Å². The molecule has 0 bridgehead atoms. The standard InChI is InChI=1S/C14H19N/c1-9(2)11-5-12-6-13(10(3)4)8-15-14(12)7-11/h5-6,8-10H,7H2,1-4H3. The van der Waals surface area contributed by atoms with E-state index in [0.29, 0.717) is 11.8 Å². The molecule has 0 aliphatic heterocycles. The molecule has 0 saturated carbocycles. The van der Waals surface area contributed by atoms with Gasteiger partial charge in [-0.1, -0.05) is 39.3 Å². The molecule has 1 aromatic rings. The summed E-state index contributed by atoms with van der Waals surface area (Å²) in [5.74, 6) is 1.21. The summed E-state index contributed by atoms with van der Waals surface area (Å²) in [6, 6.07) is 2.29. The van der Waals surface area contributed by atoms with E-state index in [1.165, 1.54) is 22.4 Å². The lowest BCUT2D eigenvalue weighted by Crippen LogP contribution is -1.96. The van der Waals surface area contributed by atoms with Crippen LogP contribution < -0.4 is 0 Å². The Kier molecular flexibility index (Phi) is 2.64. The number of nitrogens with zero attached hydrogens (tertiary/aromatic N) is 1. The average Bonchev–Trinajstić information content (AvgIpc) is 2.59. The zero-order chi connectivity index (χ0) is 11.0. The molecule has 0 amide bonds. The van der Waals surface area contributed by atoms with Gasteiger partial charge in [-0.25, -0.2) is 0 Å². The quantitative estimate of drug-likeness (QED) is 0.709. The highest BCUT2D eigenvalue weighted by Crippen LogP contribution is 2.29. The fraction of sp³-hybridized carbons (Fsp3) is 0.500. The van der Waals surface area contributed by atoms with Crippen molar-refractivity contribution in [1.82, 2.24) is 4.98 Å². The van der Waals surface area contributed by atoms with Gasteiger partial charge in [0, 0.05) is 12.6 Å². The first-order chi connectivity index (χ1) is 7.08. The van der Waals surface area contributed by atoms with E-state index in [0.717, 1.165) is 6.42 Å². The van der Waals surface area contributed by atoms with Crippen LogP contribution in [-0.4, -0.2) is 4.98 Å². The molecule has 15 heavy (non-hydrogen) atoms. The van der Waals surface area contributed by atoms with Crippen LogP contribution in [0.5, 0.6) is 0 Å². The third-order valence-electron chi connectivity index (χ3n) is 3.15. The summed E-state index contributed by atoms with van der Waals surface area (Å²) in [5, 5.41) is 0. The Labute approximate surface area is 92.2 Å². The Morgan fingerprint density at radius 1 is 1.13 bits per heavy atom. The fourth-order valence-electron chi connectivity index (χ4n) is 1.93. The number of allylic oxidation sites excluding steroid dienone is 1. The lowest BCUT2D eigenvalue weighted by atomic mass is 10.0. The molecule has 1 heteroatoms. The van der Waals surface area contributed by atoms with Gasteiger partial charge in [-0.15, -0.1) is 0 Å². The third-order valence-corrected chi connectivity index (χ3v) is 3.15. The van der Waals surface area contributed by atoms with Crippen LogP contribution in [0, 0.1) is 5.92 Å². The predicted octanol–water partition coefficient (Wildman–Crippen LogP) is 3.80. The zero-order valence-electron chi connectivity index (χ0n) is 10.0. The highest BCUT2D eigenvalue weighted by Gasteiger charge is 2.16. The monoisotopic (exact) mass is 201 g/mol. The van der Waals surface area contributed by atoms with E-state index in [2.05, 4.69) is 44.8 Å². The molecular weight excluding hydrogens is 182 g/mol. The van der Waals surface area contributed by atoms with Crippen LogP contribution in [0.1, 0.15) is 50.4 Å². The SMILES string of the molecule is CC(C)C1=Cc2cc(C(C)C)cnc2C1. The predicted molar refractivity (Wildman–Crippen MR) is 64.8 cm³/mol. The van der Waals surface area contributed by atoms with E-state index in [4.69, 9.17) is 0 Å². The molecule has 0 N–H and O–H groups in total. The molecule has 0 aromatic carbocycles. The maximum Gasteiger partial charge on any atom is 0.0516 e. The van der Waals surface area contributed by atoms with E-state index >= 15 is 0 Å². The van der Waals surface area contributed by atoms with Gasteiger partial charge in [-0.2, -0.15) is 0 Å². The number of pyridine rings is 1. The first kappa shape index (κ1) is 10.4. The number of hydrogen-bond donors (Lipinski definition) is 0. The van der Waals surface area contributed by atoms with Crippen molar-refractivity contribution in [1.29, 1.82) is 0 Å². The largest absolute Gasteiger partial charge is 0.260 e. The minimum Gasteiger partial charge on any atom is -0.260 e. The molecular formula is C14H19N. The molecule has 0 unspecified atom stereocenters. The van der Waals surface area contributed by atoms with Crippen molar-refractivity contribution in [2.45, 2.75) is 40.0 Å². The van der Waals surface area contributed by atoms with Crippen LogP contribution >= 0.6 is 0 Å². The molecule has 2 rings (SSSR count). The fourth-order valence-corrected chi connectivity index (χ4v) is 1.93. The normalized spacial score (nSPS) is 14.7. The van der Waals surface area contributed by atoms with E-state index in [1.807, 2.05) is 6.20 Å². The van der Waals surface area contributed by atoms with E-state index in [9.17, 15) is 0 Å². The van der Waals surface area contributed by atoms with Gasteiger partial charge in [-0.05, 0) is 29.0 Å². The summed E-state index contributed by atoms with van der Waals surface area (Å²) in [6.45, 7) is 8.93. The highest BCUT2D eigenvalue weighted by atomic mass is 14.7. The molecule has 0 radical (unpaired) electrons.